The molecule has 0 fully saturated rings. The van der Waals surface area contributed by atoms with Crippen molar-refractivity contribution in [1.29, 1.82) is 0 Å². The Morgan fingerprint density at radius 3 is 2.52 bits per heavy atom. The van der Waals surface area contributed by atoms with Crippen molar-refractivity contribution in [1.82, 2.24) is 0 Å². The van der Waals surface area contributed by atoms with Crippen LogP contribution < -0.4 is 5.32 Å². The van der Waals surface area contributed by atoms with Crippen LogP contribution in [0, 0.1) is 0 Å². The standard InChI is InChI=1S/C14H9BrClNO4/c15-8-3-7(14(20)21)4-10(5-8)17-13(19)11-6-9(16)1-2-12(11)18/h1-6,18H,(H,17,19)(H,20,21). The topological polar surface area (TPSA) is 86.6 Å². The molecule has 0 aliphatic rings. The van der Waals surface area contributed by atoms with E-state index in [0.29, 0.717) is 9.50 Å². The number of phenolic OH excluding ortho intramolecular Hbond substituents is 1. The van der Waals surface area contributed by atoms with Crippen LogP contribution in [0.5, 0.6) is 5.75 Å². The maximum absolute atomic E-state index is 12.1. The van der Waals surface area contributed by atoms with Crippen LogP contribution in [0.2, 0.25) is 5.02 Å². The van der Waals surface area contributed by atoms with Crippen molar-refractivity contribution in [2.45, 2.75) is 0 Å². The number of aromatic carboxylic acids is 1. The van der Waals surface area contributed by atoms with Crippen molar-refractivity contribution in [2.75, 3.05) is 5.32 Å². The third-order valence-electron chi connectivity index (χ3n) is 2.61. The van der Waals surface area contributed by atoms with Gasteiger partial charge in [0.25, 0.3) is 5.91 Å². The van der Waals surface area contributed by atoms with Gasteiger partial charge in [-0.15, -0.1) is 0 Å². The molecule has 2 rings (SSSR count). The maximum Gasteiger partial charge on any atom is 0.335 e. The van der Waals surface area contributed by atoms with Crippen molar-refractivity contribution in [3.05, 3.63) is 57.0 Å². The van der Waals surface area contributed by atoms with Gasteiger partial charge in [-0.1, -0.05) is 27.5 Å². The number of carboxylic acids is 1. The summed E-state index contributed by atoms with van der Waals surface area (Å²) in [6, 6.07) is 8.35. The van der Waals surface area contributed by atoms with Crippen molar-refractivity contribution in [3.8, 4) is 5.75 Å². The fourth-order valence-electron chi connectivity index (χ4n) is 1.67. The van der Waals surface area contributed by atoms with E-state index in [9.17, 15) is 14.7 Å². The number of nitrogens with one attached hydrogen (secondary N) is 1. The van der Waals surface area contributed by atoms with E-state index in [1.165, 1.54) is 30.3 Å². The van der Waals surface area contributed by atoms with Gasteiger partial charge in [0.05, 0.1) is 11.1 Å². The molecule has 0 spiro atoms. The smallest absolute Gasteiger partial charge is 0.335 e. The van der Waals surface area contributed by atoms with Crippen LogP contribution in [-0.4, -0.2) is 22.1 Å². The van der Waals surface area contributed by atoms with Gasteiger partial charge in [0, 0.05) is 15.2 Å². The number of carbonyl (C=O) groups is 2. The van der Waals surface area contributed by atoms with Gasteiger partial charge >= 0.3 is 5.97 Å². The van der Waals surface area contributed by atoms with E-state index in [1.807, 2.05) is 0 Å². The molecule has 0 saturated heterocycles. The quantitative estimate of drug-likeness (QED) is 0.768. The minimum atomic E-state index is -1.11. The second kappa shape index (κ2) is 6.15. The summed E-state index contributed by atoms with van der Waals surface area (Å²) in [4.78, 5) is 23.1. The van der Waals surface area contributed by atoms with Gasteiger partial charge in [-0.2, -0.15) is 0 Å². The lowest BCUT2D eigenvalue weighted by Gasteiger charge is -2.08. The van der Waals surface area contributed by atoms with Crippen LogP contribution in [0.15, 0.2) is 40.9 Å². The highest BCUT2D eigenvalue weighted by atomic mass is 79.9. The monoisotopic (exact) mass is 369 g/mol. The zero-order valence-electron chi connectivity index (χ0n) is 10.4. The Kier molecular flexibility index (Phi) is 4.50. The predicted octanol–water partition coefficient (Wildman–Crippen LogP) is 3.76. The molecule has 0 saturated carbocycles. The lowest BCUT2D eigenvalue weighted by Crippen LogP contribution is -2.12. The van der Waals surface area contributed by atoms with E-state index >= 15 is 0 Å². The van der Waals surface area contributed by atoms with Gasteiger partial charge in [0.2, 0.25) is 0 Å². The normalized spacial score (nSPS) is 10.2. The lowest BCUT2D eigenvalue weighted by atomic mass is 10.1. The first-order valence-electron chi connectivity index (χ1n) is 5.70. The Bertz CT molecular complexity index is 733. The average Bonchev–Trinajstić information content (AvgIpc) is 2.40. The molecule has 3 N–H and O–H groups in total. The molecule has 2 aromatic carbocycles. The van der Waals surface area contributed by atoms with Crippen molar-refractivity contribution in [2.24, 2.45) is 0 Å². The molecule has 2 aromatic rings. The number of aromatic hydroxyl groups is 1. The molecule has 0 heterocycles. The van der Waals surface area contributed by atoms with Crippen LogP contribution in [0.1, 0.15) is 20.7 Å². The molecule has 0 aromatic heterocycles. The molecule has 0 radical (unpaired) electrons. The zero-order valence-corrected chi connectivity index (χ0v) is 12.8. The Morgan fingerprint density at radius 2 is 1.86 bits per heavy atom. The van der Waals surface area contributed by atoms with E-state index in [-0.39, 0.29) is 22.6 Å². The molecule has 7 heteroatoms. The molecule has 0 atom stereocenters. The molecule has 0 bridgehead atoms. The summed E-state index contributed by atoms with van der Waals surface area (Å²) in [7, 11) is 0. The molecule has 5 nitrogen and oxygen atoms in total. The Hall–Kier alpha value is -2.05. The van der Waals surface area contributed by atoms with E-state index in [0.717, 1.165) is 0 Å². The van der Waals surface area contributed by atoms with Crippen LogP contribution in [0.4, 0.5) is 5.69 Å². The SMILES string of the molecule is O=C(O)c1cc(Br)cc(NC(=O)c2cc(Cl)ccc2O)c1. The van der Waals surface area contributed by atoms with Crippen molar-refractivity contribution >= 4 is 45.1 Å². The van der Waals surface area contributed by atoms with Crippen LogP contribution in [0.25, 0.3) is 0 Å². The summed E-state index contributed by atoms with van der Waals surface area (Å²) < 4.78 is 0.507. The van der Waals surface area contributed by atoms with E-state index in [4.69, 9.17) is 16.7 Å². The molecule has 1 amide bonds. The number of carboxylic acid groups (broad SMARTS) is 1. The summed E-state index contributed by atoms with van der Waals surface area (Å²) in [6.45, 7) is 0. The number of amides is 1. The third kappa shape index (κ3) is 3.74. The second-order valence-corrected chi connectivity index (χ2v) is 5.50. The van der Waals surface area contributed by atoms with Crippen LogP contribution in [-0.2, 0) is 0 Å². The number of rotatable bonds is 3. The van der Waals surface area contributed by atoms with Gasteiger partial charge in [0.15, 0.2) is 0 Å². The van der Waals surface area contributed by atoms with E-state index in [2.05, 4.69) is 21.2 Å². The van der Waals surface area contributed by atoms with E-state index < -0.39 is 11.9 Å². The summed E-state index contributed by atoms with van der Waals surface area (Å²) in [5.74, 6) is -1.92. The highest BCUT2D eigenvalue weighted by Crippen LogP contribution is 2.24. The number of carbonyl (C=O) groups excluding carboxylic acids is 1. The Balaban J connectivity index is 2.31. The number of hydrogen-bond donors (Lipinski definition) is 3. The van der Waals surface area contributed by atoms with E-state index in [1.54, 1.807) is 6.07 Å². The molecule has 108 valence electrons. The van der Waals surface area contributed by atoms with Gasteiger partial charge in [-0.25, -0.2) is 4.79 Å². The molecule has 0 aliphatic heterocycles. The second-order valence-electron chi connectivity index (χ2n) is 4.15. The summed E-state index contributed by atoms with van der Waals surface area (Å²) in [6.07, 6.45) is 0. The fourth-order valence-corrected chi connectivity index (χ4v) is 2.34. The largest absolute Gasteiger partial charge is 0.507 e. The van der Waals surface area contributed by atoms with Crippen molar-refractivity contribution in [3.63, 3.8) is 0 Å². The third-order valence-corrected chi connectivity index (χ3v) is 3.30. The Labute approximate surface area is 133 Å². The summed E-state index contributed by atoms with van der Waals surface area (Å²) >= 11 is 8.95. The first kappa shape index (κ1) is 15.3. The molecule has 21 heavy (non-hydrogen) atoms. The fraction of sp³-hybridized carbons (Fsp3) is 0. The highest BCUT2D eigenvalue weighted by molar-refractivity contribution is 9.10. The van der Waals surface area contributed by atoms with Crippen molar-refractivity contribution < 1.29 is 19.8 Å². The number of anilines is 1. The molecule has 0 aliphatic carbocycles. The van der Waals surface area contributed by atoms with Crippen LogP contribution >= 0.6 is 27.5 Å². The van der Waals surface area contributed by atoms with Gasteiger partial charge in [-0.3, -0.25) is 4.79 Å². The van der Waals surface area contributed by atoms with Crippen LogP contribution in [0.3, 0.4) is 0 Å². The summed E-state index contributed by atoms with van der Waals surface area (Å²) in [5, 5.41) is 21.4. The Morgan fingerprint density at radius 1 is 1.14 bits per heavy atom. The first-order chi connectivity index (χ1) is 9.86. The van der Waals surface area contributed by atoms with Gasteiger partial charge in [-0.05, 0) is 36.4 Å². The highest BCUT2D eigenvalue weighted by Gasteiger charge is 2.13. The maximum atomic E-state index is 12.1. The molecular formula is C14H9BrClNO4. The molecule has 0 unspecified atom stereocenters. The molecular weight excluding hydrogens is 362 g/mol. The predicted molar refractivity (Wildman–Crippen MR) is 82.2 cm³/mol. The first-order valence-corrected chi connectivity index (χ1v) is 6.87. The average molecular weight is 371 g/mol. The number of halogens is 2. The number of hydrogen-bond acceptors (Lipinski definition) is 3. The number of phenols is 1. The lowest BCUT2D eigenvalue weighted by molar-refractivity contribution is 0.0696. The van der Waals surface area contributed by atoms with Gasteiger partial charge < -0.3 is 15.5 Å². The number of benzene rings is 2. The van der Waals surface area contributed by atoms with Gasteiger partial charge in [0.1, 0.15) is 5.75 Å². The zero-order chi connectivity index (χ0) is 15.6. The minimum absolute atomic E-state index is 0.000601. The summed E-state index contributed by atoms with van der Waals surface area (Å²) in [5.41, 5.74) is 0.306. The minimum Gasteiger partial charge on any atom is -0.507 e.